The quantitative estimate of drug-likeness (QED) is 0.649. The van der Waals surface area contributed by atoms with Crippen molar-refractivity contribution in [3.63, 3.8) is 0 Å². The van der Waals surface area contributed by atoms with E-state index in [2.05, 4.69) is 41.4 Å². The molecule has 0 fully saturated rings. The Morgan fingerprint density at radius 1 is 0.909 bits per heavy atom. The number of amidine groups is 1. The van der Waals surface area contributed by atoms with Crippen LogP contribution in [0, 0.1) is 0 Å². The van der Waals surface area contributed by atoms with Gasteiger partial charge in [-0.2, -0.15) is 0 Å². The molecule has 0 saturated heterocycles. The number of nitrogens with zero attached hydrogens (tertiary/aromatic N) is 1. The Hall–Kier alpha value is -1.55. The van der Waals surface area contributed by atoms with Crippen LogP contribution in [0.4, 0.5) is 0 Å². The molecule has 4 N–H and O–H groups in total. The van der Waals surface area contributed by atoms with Crippen LogP contribution in [0.2, 0.25) is 0 Å². The van der Waals surface area contributed by atoms with Crippen molar-refractivity contribution in [2.75, 3.05) is 7.05 Å². The van der Waals surface area contributed by atoms with E-state index in [-0.39, 0.29) is 24.8 Å². The summed E-state index contributed by atoms with van der Waals surface area (Å²) in [5, 5.41) is 0. The number of nitrogens with two attached hydrogens (primary N) is 2. The van der Waals surface area contributed by atoms with Gasteiger partial charge in [0.2, 0.25) is 0 Å². The van der Waals surface area contributed by atoms with E-state index in [1.807, 2.05) is 12.1 Å². The lowest BCUT2D eigenvalue weighted by atomic mass is 10.0. The average Bonchev–Trinajstić information content (AvgIpc) is 2.53. The topological polar surface area (TPSA) is 64.4 Å². The number of aliphatic imine (C=N–C) groups is 1. The molecule has 120 valence electrons. The lowest BCUT2D eigenvalue weighted by Crippen LogP contribution is -2.12. The average molecular weight is 340 g/mol. The number of hydrogen-bond acceptors (Lipinski definition) is 2. The van der Waals surface area contributed by atoms with Gasteiger partial charge in [-0.15, -0.1) is 24.8 Å². The number of rotatable bonds is 5. The number of aryl methyl sites for hydroxylation is 2. The second-order valence-corrected chi connectivity index (χ2v) is 4.83. The van der Waals surface area contributed by atoms with Crippen molar-refractivity contribution in [1.29, 1.82) is 0 Å². The summed E-state index contributed by atoms with van der Waals surface area (Å²) in [4.78, 5) is 3.98. The van der Waals surface area contributed by atoms with Gasteiger partial charge < -0.3 is 11.5 Å². The zero-order chi connectivity index (χ0) is 14.4. The summed E-state index contributed by atoms with van der Waals surface area (Å²) >= 11 is 0. The van der Waals surface area contributed by atoms with Gasteiger partial charge >= 0.3 is 0 Å². The monoisotopic (exact) mass is 339 g/mol. The van der Waals surface area contributed by atoms with Gasteiger partial charge in [0.25, 0.3) is 0 Å². The number of halogens is 2. The largest absolute Gasteiger partial charge is 0.384 e. The molecule has 0 heterocycles. The first-order chi connectivity index (χ1) is 9.72. The molecule has 0 aromatic heterocycles. The van der Waals surface area contributed by atoms with E-state index in [0.29, 0.717) is 12.4 Å². The molecule has 0 spiro atoms. The van der Waals surface area contributed by atoms with Crippen molar-refractivity contribution >= 4 is 30.6 Å². The van der Waals surface area contributed by atoms with Crippen molar-refractivity contribution in [2.45, 2.75) is 19.4 Å². The maximum atomic E-state index is 5.78. The van der Waals surface area contributed by atoms with Crippen LogP contribution in [0.15, 0.2) is 53.5 Å². The summed E-state index contributed by atoms with van der Waals surface area (Å²) < 4.78 is 0. The Morgan fingerprint density at radius 2 is 1.50 bits per heavy atom. The van der Waals surface area contributed by atoms with Crippen molar-refractivity contribution in [3.05, 3.63) is 70.8 Å². The molecule has 0 bridgehead atoms. The molecule has 0 aliphatic carbocycles. The minimum Gasteiger partial charge on any atom is -0.384 e. The second-order valence-electron chi connectivity index (χ2n) is 4.83. The maximum absolute atomic E-state index is 5.78. The summed E-state index contributed by atoms with van der Waals surface area (Å²) in [5.74, 6) is 0.576. The van der Waals surface area contributed by atoms with Crippen LogP contribution in [-0.4, -0.2) is 12.9 Å². The van der Waals surface area contributed by atoms with Crippen LogP contribution in [0.3, 0.4) is 0 Å². The van der Waals surface area contributed by atoms with E-state index in [4.69, 9.17) is 11.5 Å². The van der Waals surface area contributed by atoms with E-state index in [1.165, 1.54) is 16.7 Å². The number of hydrogen-bond donors (Lipinski definition) is 2. The standard InChI is InChI=1S/C17H21N3.2ClH/c1-20-17(19)16-9-7-13(8-10-16)5-6-14-3-2-4-15(11-14)12-18;;/h2-4,7-11H,5-6,12,18H2,1H3,(H2,19,20);2*1H. The van der Waals surface area contributed by atoms with E-state index < -0.39 is 0 Å². The lowest BCUT2D eigenvalue weighted by molar-refractivity contribution is 0.950. The molecule has 2 aromatic rings. The third-order valence-corrected chi connectivity index (χ3v) is 3.42. The van der Waals surface area contributed by atoms with Gasteiger partial charge in [-0.3, -0.25) is 4.99 Å². The molecule has 0 unspecified atom stereocenters. The molecule has 2 rings (SSSR count). The molecule has 2 aromatic carbocycles. The van der Waals surface area contributed by atoms with Crippen LogP contribution in [-0.2, 0) is 19.4 Å². The third kappa shape index (κ3) is 5.68. The highest BCUT2D eigenvalue weighted by atomic mass is 35.5. The molecule has 5 heteroatoms. The predicted molar refractivity (Wildman–Crippen MR) is 99.3 cm³/mol. The predicted octanol–water partition coefficient (Wildman–Crippen LogP) is 3.11. The Balaban J connectivity index is 0.00000220. The SMILES string of the molecule is CN=C(N)c1ccc(CCc2cccc(CN)c2)cc1.Cl.Cl. The van der Waals surface area contributed by atoms with Crippen molar-refractivity contribution in [1.82, 2.24) is 0 Å². The molecular formula is C17H23Cl2N3. The maximum Gasteiger partial charge on any atom is 0.125 e. The van der Waals surface area contributed by atoms with Gasteiger partial charge in [0.15, 0.2) is 0 Å². The molecular weight excluding hydrogens is 317 g/mol. The first kappa shape index (κ1) is 20.5. The zero-order valence-electron chi connectivity index (χ0n) is 12.7. The second kappa shape index (κ2) is 10.2. The highest BCUT2D eigenvalue weighted by Gasteiger charge is 2.00. The molecule has 0 saturated carbocycles. The zero-order valence-corrected chi connectivity index (χ0v) is 14.3. The Labute approximate surface area is 144 Å². The van der Waals surface area contributed by atoms with Crippen LogP contribution in [0.25, 0.3) is 0 Å². The highest BCUT2D eigenvalue weighted by Crippen LogP contribution is 2.11. The summed E-state index contributed by atoms with van der Waals surface area (Å²) in [7, 11) is 1.70. The van der Waals surface area contributed by atoms with Gasteiger partial charge in [0, 0.05) is 19.2 Å². The molecule has 22 heavy (non-hydrogen) atoms. The summed E-state index contributed by atoms with van der Waals surface area (Å²) in [6.45, 7) is 0.595. The summed E-state index contributed by atoms with van der Waals surface area (Å²) in [5.41, 5.74) is 16.2. The molecule has 3 nitrogen and oxygen atoms in total. The molecule has 0 atom stereocenters. The summed E-state index contributed by atoms with van der Waals surface area (Å²) in [6.07, 6.45) is 2.03. The van der Waals surface area contributed by atoms with Gasteiger partial charge in [-0.05, 0) is 29.5 Å². The van der Waals surface area contributed by atoms with Crippen LogP contribution in [0.1, 0.15) is 22.3 Å². The van der Waals surface area contributed by atoms with Crippen molar-refractivity contribution in [3.8, 4) is 0 Å². The van der Waals surface area contributed by atoms with Gasteiger partial charge in [0.05, 0.1) is 0 Å². The molecule has 0 radical (unpaired) electrons. The fourth-order valence-electron chi connectivity index (χ4n) is 2.17. The van der Waals surface area contributed by atoms with Crippen molar-refractivity contribution < 1.29 is 0 Å². The van der Waals surface area contributed by atoms with E-state index in [9.17, 15) is 0 Å². The van der Waals surface area contributed by atoms with Crippen LogP contribution in [0.5, 0.6) is 0 Å². The molecule has 0 amide bonds. The van der Waals surface area contributed by atoms with Gasteiger partial charge in [-0.25, -0.2) is 0 Å². The van der Waals surface area contributed by atoms with Crippen LogP contribution < -0.4 is 11.5 Å². The normalized spacial score (nSPS) is 10.5. The van der Waals surface area contributed by atoms with Gasteiger partial charge in [0.1, 0.15) is 5.84 Å². The van der Waals surface area contributed by atoms with Crippen LogP contribution >= 0.6 is 24.8 Å². The fourth-order valence-corrected chi connectivity index (χ4v) is 2.17. The number of benzene rings is 2. The molecule has 0 aliphatic heterocycles. The van der Waals surface area contributed by atoms with Crippen molar-refractivity contribution in [2.24, 2.45) is 16.5 Å². The van der Waals surface area contributed by atoms with E-state index in [1.54, 1.807) is 7.05 Å². The Bertz CT molecular complexity index is 595. The Morgan fingerprint density at radius 3 is 2.09 bits per heavy atom. The first-order valence-electron chi connectivity index (χ1n) is 6.82. The molecule has 0 aliphatic rings. The minimum absolute atomic E-state index is 0. The minimum atomic E-state index is 0. The van der Waals surface area contributed by atoms with E-state index >= 15 is 0 Å². The fraction of sp³-hybridized carbons (Fsp3) is 0.235. The van der Waals surface area contributed by atoms with E-state index in [0.717, 1.165) is 18.4 Å². The highest BCUT2D eigenvalue weighted by molar-refractivity contribution is 5.97. The summed E-state index contributed by atoms with van der Waals surface area (Å²) in [6, 6.07) is 16.7. The third-order valence-electron chi connectivity index (χ3n) is 3.42. The first-order valence-corrected chi connectivity index (χ1v) is 6.82. The smallest absolute Gasteiger partial charge is 0.125 e. The Kier molecular flexibility index (Phi) is 9.50. The van der Waals surface area contributed by atoms with Gasteiger partial charge in [-0.1, -0.05) is 48.5 Å². The lowest BCUT2D eigenvalue weighted by Gasteiger charge is -2.05.